The number of amides is 1. The molecule has 152 valence electrons. The van der Waals surface area contributed by atoms with Crippen molar-refractivity contribution in [2.24, 2.45) is 0 Å². The fourth-order valence-electron chi connectivity index (χ4n) is 3.45. The molecule has 1 amide bonds. The van der Waals surface area contributed by atoms with Gasteiger partial charge in [-0.25, -0.2) is 0 Å². The van der Waals surface area contributed by atoms with E-state index < -0.39 is 5.38 Å². The van der Waals surface area contributed by atoms with Crippen molar-refractivity contribution < 1.29 is 4.79 Å². The smallest absolute Gasteiger partial charge is 0.245 e. The van der Waals surface area contributed by atoms with Crippen LogP contribution in [0.25, 0.3) is 0 Å². The highest BCUT2D eigenvalue weighted by molar-refractivity contribution is 6.30. The maximum absolute atomic E-state index is 13.2. The Hall–Kier alpha value is -2.52. The molecule has 1 atom stereocenters. The minimum absolute atomic E-state index is 0.0324. The van der Waals surface area contributed by atoms with E-state index in [0.29, 0.717) is 13.1 Å². The quantitative estimate of drug-likeness (QED) is 0.401. The number of nitrogens with zero attached hydrogens (tertiary/aromatic N) is 2. The maximum atomic E-state index is 13.2. The molecule has 0 radical (unpaired) electrons. The lowest BCUT2D eigenvalue weighted by atomic mass is 10.1. The Morgan fingerprint density at radius 2 is 1.76 bits per heavy atom. The van der Waals surface area contributed by atoms with Gasteiger partial charge in [-0.2, -0.15) is 0 Å². The fraction of sp³-hybridized carbons (Fsp3) is 0.320. The van der Waals surface area contributed by atoms with Crippen LogP contribution in [-0.4, -0.2) is 21.9 Å². The highest BCUT2D eigenvalue weighted by atomic mass is 35.5. The summed E-state index contributed by atoms with van der Waals surface area (Å²) in [4.78, 5) is 15.1. The van der Waals surface area contributed by atoms with Crippen molar-refractivity contribution in [1.82, 2.24) is 9.47 Å². The molecular formula is C25H29ClN2O. The lowest BCUT2D eigenvalue weighted by molar-refractivity contribution is -0.131. The molecule has 3 aromatic rings. The van der Waals surface area contributed by atoms with Crippen LogP contribution in [-0.2, 0) is 17.9 Å². The van der Waals surface area contributed by atoms with Gasteiger partial charge < -0.3 is 9.47 Å². The number of aromatic nitrogens is 1. The minimum Gasteiger partial charge on any atom is -0.345 e. The summed E-state index contributed by atoms with van der Waals surface area (Å²) in [5, 5.41) is -0.659. The molecule has 29 heavy (non-hydrogen) atoms. The van der Waals surface area contributed by atoms with E-state index in [2.05, 4.69) is 54.9 Å². The SMILES string of the molecule is CCCCN(Cc1cccn1Cc1ccccc1C)C(=O)[C@H](Cl)c1ccccc1. The number of hydrogen-bond acceptors (Lipinski definition) is 1. The van der Waals surface area contributed by atoms with Crippen LogP contribution in [0.15, 0.2) is 72.9 Å². The van der Waals surface area contributed by atoms with E-state index in [0.717, 1.165) is 30.6 Å². The molecule has 0 saturated carbocycles. The molecule has 0 fully saturated rings. The maximum Gasteiger partial charge on any atom is 0.245 e. The molecule has 4 heteroatoms. The Labute approximate surface area is 178 Å². The highest BCUT2D eigenvalue weighted by Crippen LogP contribution is 2.24. The molecule has 1 aromatic heterocycles. The van der Waals surface area contributed by atoms with Crippen molar-refractivity contribution in [3.8, 4) is 0 Å². The van der Waals surface area contributed by atoms with Gasteiger partial charge in [0, 0.05) is 25.0 Å². The van der Waals surface area contributed by atoms with Crippen LogP contribution in [0, 0.1) is 6.92 Å². The summed E-state index contributed by atoms with van der Waals surface area (Å²) in [6.45, 7) is 6.34. The van der Waals surface area contributed by atoms with Crippen molar-refractivity contribution >= 4 is 17.5 Å². The van der Waals surface area contributed by atoms with Gasteiger partial charge in [-0.15, -0.1) is 11.6 Å². The fourth-order valence-corrected chi connectivity index (χ4v) is 3.74. The molecule has 0 spiro atoms. The third-order valence-corrected chi connectivity index (χ3v) is 5.72. The molecular weight excluding hydrogens is 380 g/mol. The summed E-state index contributed by atoms with van der Waals surface area (Å²) in [5.74, 6) is -0.0324. The minimum atomic E-state index is -0.659. The number of benzene rings is 2. The molecule has 0 unspecified atom stereocenters. The number of carbonyl (C=O) groups excluding carboxylic acids is 1. The summed E-state index contributed by atoms with van der Waals surface area (Å²) < 4.78 is 2.22. The van der Waals surface area contributed by atoms with Gasteiger partial charge in [-0.3, -0.25) is 4.79 Å². The molecule has 0 N–H and O–H groups in total. The molecule has 3 nitrogen and oxygen atoms in total. The van der Waals surface area contributed by atoms with Gasteiger partial charge in [0.15, 0.2) is 0 Å². The summed E-state index contributed by atoms with van der Waals surface area (Å²) >= 11 is 6.56. The number of halogens is 1. The normalized spacial score (nSPS) is 12.0. The van der Waals surface area contributed by atoms with Gasteiger partial charge in [-0.05, 0) is 42.2 Å². The van der Waals surface area contributed by atoms with Crippen LogP contribution in [0.4, 0.5) is 0 Å². The Bertz CT molecular complexity index is 919. The number of unbranched alkanes of at least 4 members (excludes halogenated alkanes) is 1. The van der Waals surface area contributed by atoms with Crippen molar-refractivity contribution in [1.29, 1.82) is 0 Å². The summed E-state index contributed by atoms with van der Waals surface area (Å²) in [5.41, 5.74) is 4.53. The molecule has 1 heterocycles. The van der Waals surface area contributed by atoms with Crippen molar-refractivity contribution in [2.45, 2.75) is 45.2 Å². The first-order valence-electron chi connectivity index (χ1n) is 10.3. The number of alkyl halides is 1. The van der Waals surface area contributed by atoms with E-state index in [1.54, 1.807) is 0 Å². The second-order valence-electron chi connectivity index (χ2n) is 7.44. The van der Waals surface area contributed by atoms with E-state index in [1.165, 1.54) is 11.1 Å². The van der Waals surface area contributed by atoms with Crippen molar-refractivity contribution in [3.63, 3.8) is 0 Å². The zero-order valence-corrected chi connectivity index (χ0v) is 18.0. The average Bonchev–Trinajstić information content (AvgIpc) is 3.19. The van der Waals surface area contributed by atoms with Gasteiger partial charge in [0.1, 0.15) is 5.38 Å². The third-order valence-electron chi connectivity index (χ3n) is 5.28. The second-order valence-corrected chi connectivity index (χ2v) is 7.88. The van der Waals surface area contributed by atoms with Gasteiger partial charge >= 0.3 is 0 Å². The Kier molecular flexibility index (Phi) is 7.54. The Morgan fingerprint density at radius 3 is 2.48 bits per heavy atom. The molecule has 0 bridgehead atoms. The lowest BCUT2D eigenvalue weighted by Crippen LogP contribution is -2.34. The highest BCUT2D eigenvalue weighted by Gasteiger charge is 2.24. The molecule has 0 aliphatic heterocycles. The molecule has 0 aliphatic carbocycles. The standard InChI is InChI=1S/C25H29ClN2O/c1-3-4-16-28(25(29)24(26)21-12-6-5-7-13-21)19-23-15-10-17-27(23)18-22-14-9-8-11-20(22)2/h5-15,17,24H,3-4,16,18-19H2,1-2H3/t24-/m1/s1. The van der Waals surface area contributed by atoms with Crippen LogP contribution >= 0.6 is 11.6 Å². The largest absolute Gasteiger partial charge is 0.345 e. The molecule has 0 aliphatic rings. The first-order chi connectivity index (χ1) is 14.1. The Balaban J connectivity index is 1.78. The van der Waals surface area contributed by atoms with E-state index in [-0.39, 0.29) is 5.91 Å². The molecule has 0 saturated heterocycles. The zero-order valence-electron chi connectivity index (χ0n) is 17.2. The van der Waals surface area contributed by atoms with Gasteiger partial charge in [0.2, 0.25) is 5.91 Å². The van der Waals surface area contributed by atoms with Gasteiger partial charge in [0.25, 0.3) is 0 Å². The Morgan fingerprint density at radius 1 is 1.03 bits per heavy atom. The summed E-state index contributed by atoms with van der Waals surface area (Å²) in [6, 6.07) is 22.2. The number of aryl methyl sites for hydroxylation is 1. The average molecular weight is 409 g/mol. The lowest BCUT2D eigenvalue weighted by Gasteiger charge is -2.26. The van der Waals surface area contributed by atoms with E-state index in [1.807, 2.05) is 41.3 Å². The van der Waals surface area contributed by atoms with E-state index in [4.69, 9.17) is 11.6 Å². The second kappa shape index (κ2) is 10.3. The topological polar surface area (TPSA) is 25.2 Å². The summed E-state index contributed by atoms with van der Waals surface area (Å²) in [6.07, 6.45) is 4.08. The van der Waals surface area contributed by atoms with Crippen molar-refractivity contribution in [2.75, 3.05) is 6.54 Å². The van der Waals surface area contributed by atoms with Gasteiger partial charge in [0.05, 0.1) is 6.54 Å². The van der Waals surface area contributed by atoms with Crippen LogP contribution < -0.4 is 0 Å². The van der Waals surface area contributed by atoms with Crippen molar-refractivity contribution in [3.05, 3.63) is 95.3 Å². The number of rotatable bonds is 9. The van der Waals surface area contributed by atoms with Crippen LogP contribution in [0.3, 0.4) is 0 Å². The first-order valence-corrected chi connectivity index (χ1v) is 10.7. The monoisotopic (exact) mass is 408 g/mol. The van der Waals surface area contributed by atoms with Gasteiger partial charge in [-0.1, -0.05) is 67.9 Å². The third kappa shape index (κ3) is 5.51. The van der Waals surface area contributed by atoms with Crippen LogP contribution in [0.5, 0.6) is 0 Å². The summed E-state index contributed by atoms with van der Waals surface area (Å²) in [7, 11) is 0. The number of hydrogen-bond donors (Lipinski definition) is 0. The molecule has 2 aromatic carbocycles. The number of carbonyl (C=O) groups is 1. The van der Waals surface area contributed by atoms with E-state index in [9.17, 15) is 4.79 Å². The molecule has 3 rings (SSSR count). The first kappa shape index (κ1) is 21.2. The van der Waals surface area contributed by atoms with E-state index >= 15 is 0 Å². The zero-order chi connectivity index (χ0) is 20.6. The predicted octanol–water partition coefficient (Wildman–Crippen LogP) is 5.95. The van der Waals surface area contributed by atoms with Crippen LogP contribution in [0.2, 0.25) is 0 Å². The predicted molar refractivity (Wildman–Crippen MR) is 120 cm³/mol. The van der Waals surface area contributed by atoms with Crippen LogP contribution in [0.1, 0.15) is 47.5 Å².